The highest BCUT2D eigenvalue weighted by Crippen LogP contribution is 1.96. The fourth-order valence-corrected chi connectivity index (χ4v) is 1.15. The summed E-state index contributed by atoms with van der Waals surface area (Å²) in [5.41, 5.74) is 3.04. The summed E-state index contributed by atoms with van der Waals surface area (Å²) in [5, 5.41) is 0. The minimum Gasteiger partial charge on any atom is -0.280 e. The van der Waals surface area contributed by atoms with Crippen molar-refractivity contribution in [3.8, 4) is 11.5 Å². The molecule has 72 valence electrons. The number of ketones is 1. The lowest BCUT2D eigenvalue weighted by Gasteiger charge is -2.02. The van der Waals surface area contributed by atoms with Crippen LogP contribution in [0.5, 0.6) is 0 Å². The van der Waals surface area contributed by atoms with Crippen molar-refractivity contribution in [3.05, 3.63) is 12.2 Å². The number of allylic oxidation sites excluding steroid dienone is 2. The maximum absolute atomic E-state index is 11.1. The second-order valence-corrected chi connectivity index (χ2v) is 8.81. The van der Waals surface area contributed by atoms with Gasteiger partial charge in [0.05, 0.1) is 0 Å². The molecule has 0 unspecified atom stereocenters. The van der Waals surface area contributed by atoms with Gasteiger partial charge >= 0.3 is 0 Å². The minimum atomic E-state index is -1.38. The largest absolute Gasteiger partial charge is 0.280 e. The molecule has 0 aliphatic heterocycles. The topological polar surface area (TPSA) is 17.1 Å². The summed E-state index contributed by atoms with van der Waals surface area (Å²) in [4.78, 5) is 11.1. The summed E-state index contributed by atoms with van der Waals surface area (Å²) in [7, 11) is -1.38. The normalized spacial score (nSPS) is 11.1. The van der Waals surface area contributed by atoms with Gasteiger partial charge in [-0.2, -0.15) is 0 Å². The van der Waals surface area contributed by atoms with Crippen LogP contribution < -0.4 is 0 Å². The maximum atomic E-state index is 11.1. The Morgan fingerprint density at radius 3 is 2.46 bits per heavy atom. The third-order valence-corrected chi connectivity index (χ3v) is 2.16. The molecule has 0 atom stereocenters. The van der Waals surface area contributed by atoms with Gasteiger partial charge in [-0.05, 0) is 18.4 Å². The van der Waals surface area contributed by atoms with Crippen LogP contribution in [0.4, 0.5) is 0 Å². The number of unbranched alkanes of at least 4 members (excludes halogenated alkanes) is 1. The molecule has 0 aliphatic rings. The van der Waals surface area contributed by atoms with E-state index in [2.05, 4.69) is 38.0 Å². The van der Waals surface area contributed by atoms with Crippen molar-refractivity contribution in [2.75, 3.05) is 0 Å². The molecule has 0 radical (unpaired) electrons. The molecule has 0 aromatic heterocycles. The lowest BCUT2D eigenvalue weighted by Crippen LogP contribution is -2.16. The van der Waals surface area contributed by atoms with Gasteiger partial charge in [0.2, 0.25) is 5.78 Å². The van der Waals surface area contributed by atoms with Crippen LogP contribution in [0.25, 0.3) is 0 Å². The fourth-order valence-electron chi connectivity index (χ4n) is 0.648. The summed E-state index contributed by atoms with van der Waals surface area (Å²) in [6.07, 6.45) is 5.50. The Balaban J connectivity index is 4.06. The van der Waals surface area contributed by atoms with Gasteiger partial charge in [0, 0.05) is 0 Å². The number of carbonyl (C=O) groups excluding carboxylic acids is 1. The first kappa shape index (κ1) is 12.2. The molecule has 2 heteroatoms. The molecule has 0 N–H and O–H groups in total. The molecule has 0 fully saturated rings. The third kappa shape index (κ3) is 9.10. The van der Waals surface area contributed by atoms with Crippen molar-refractivity contribution in [1.82, 2.24) is 0 Å². The summed E-state index contributed by atoms with van der Waals surface area (Å²) in [5.74, 6) is 2.61. The summed E-state index contributed by atoms with van der Waals surface area (Å²) in [6.45, 7) is 8.47. The Morgan fingerprint density at radius 2 is 2.00 bits per heavy atom. The molecule has 0 aromatic carbocycles. The lowest BCUT2D eigenvalue weighted by atomic mass is 10.3. The van der Waals surface area contributed by atoms with Gasteiger partial charge < -0.3 is 0 Å². The van der Waals surface area contributed by atoms with Crippen LogP contribution in [0, 0.1) is 11.5 Å². The molecule has 1 nitrogen and oxygen atoms in total. The van der Waals surface area contributed by atoms with E-state index in [-0.39, 0.29) is 5.78 Å². The zero-order valence-electron chi connectivity index (χ0n) is 8.98. The van der Waals surface area contributed by atoms with Gasteiger partial charge in [0.15, 0.2) is 0 Å². The van der Waals surface area contributed by atoms with Gasteiger partial charge in [-0.15, -0.1) is 5.54 Å². The van der Waals surface area contributed by atoms with Gasteiger partial charge in [-0.1, -0.05) is 39.1 Å². The van der Waals surface area contributed by atoms with Crippen LogP contribution in [-0.2, 0) is 4.79 Å². The molecule has 0 saturated carbocycles. The lowest BCUT2D eigenvalue weighted by molar-refractivity contribution is -0.109. The first-order chi connectivity index (χ1) is 5.95. The molecule has 0 aliphatic carbocycles. The SMILES string of the molecule is CCC/C=C/C(=O)C#C[Si](C)(C)C. The average molecular weight is 194 g/mol. The number of hydrogen-bond acceptors (Lipinski definition) is 1. The van der Waals surface area contributed by atoms with Crippen LogP contribution in [0.3, 0.4) is 0 Å². The highest BCUT2D eigenvalue weighted by molar-refractivity contribution is 6.84. The van der Waals surface area contributed by atoms with Crippen LogP contribution in [0.1, 0.15) is 19.8 Å². The van der Waals surface area contributed by atoms with Crippen LogP contribution in [0.15, 0.2) is 12.2 Å². The van der Waals surface area contributed by atoms with Crippen molar-refractivity contribution >= 4 is 13.9 Å². The van der Waals surface area contributed by atoms with Crippen molar-refractivity contribution in [3.63, 3.8) is 0 Å². The monoisotopic (exact) mass is 194 g/mol. The van der Waals surface area contributed by atoms with Gasteiger partial charge in [-0.25, -0.2) is 0 Å². The molecule has 0 heterocycles. The van der Waals surface area contributed by atoms with E-state index >= 15 is 0 Å². The predicted molar refractivity (Wildman–Crippen MR) is 60.2 cm³/mol. The number of hydrogen-bond donors (Lipinski definition) is 0. The Morgan fingerprint density at radius 1 is 1.38 bits per heavy atom. The predicted octanol–water partition coefficient (Wildman–Crippen LogP) is 2.79. The summed E-state index contributed by atoms with van der Waals surface area (Å²) >= 11 is 0. The van der Waals surface area contributed by atoms with Crippen molar-refractivity contribution in [1.29, 1.82) is 0 Å². The Hall–Kier alpha value is -0.813. The Bertz CT molecular complexity index is 247. The van der Waals surface area contributed by atoms with E-state index in [1.165, 1.54) is 0 Å². The maximum Gasteiger partial charge on any atom is 0.227 e. The quantitative estimate of drug-likeness (QED) is 0.383. The number of rotatable bonds is 3. The van der Waals surface area contributed by atoms with Crippen molar-refractivity contribution < 1.29 is 4.79 Å². The van der Waals surface area contributed by atoms with E-state index in [9.17, 15) is 4.79 Å². The van der Waals surface area contributed by atoms with E-state index in [4.69, 9.17) is 0 Å². The molecule has 13 heavy (non-hydrogen) atoms. The van der Waals surface area contributed by atoms with Gasteiger partial charge in [0.25, 0.3) is 0 Å². The molecule has 0 amide bonds. The first-order valence-electron chi connectivity index (χ1n) is 4.69. The van der Waals surface area contributed by atoms with E-state index < -0.39 is 8.07 Å². The fraction of sp³-hybridized carbons (Fsp3) is 0.545. The molecule has 0 saturated heterocycles. The average Bonchev–Trinajstić information content (AvgIpc) is 2.00. The molecule has 0 rings (SSSR count). The zero-order chi connectivity index (χ0) is 10.3. The summed E-state index contributed by atoms with van der Waals surface area (Å²) in [6, 6.07) is 0. The molecular weight excluding hydrogens is 176 g/mol. The van der Waals surface area contributed by atoms with Crippen molar-refractivity contribution in [2.24, 2.45) is 0 Å². The smallest absolute Gasteiger partial charge is 0.227 e. The van der Waals surface area contributed by atoms with E-state index in [0.717, 1.165) is 12.8 Å². The molecule has 0 bridgehead atoms. The van der Waals surface area contributed by atoms with Gasteiger partial charge in [-0.3, -0.25) is 4.79 Å². The highest BCUT2D eigenvalue weighted by atomic mass is 28.3. The molecular formula is C11H18OSi. The number of carbonyl (C=O) groups is 1. The van der Waals surface area contributed by atoms with E-state index in [1.54, 1.807) is 6.08 Å². The standard InChI is InChI=1S/C11H18OSi/c1-5-6-7-8-11(12)9-10-13(2,3)4/h7-8H,5-6H2,1-4H3/b8-7+. The minimum absolute atomic E-state index is 0.0594. The van der Waals surface area contributed by atoms with Crippen LogP contribution in [-0.4, -0.2) is 13.9 Å². The Labute approximate surface area is 82.2 Å². The highest BCUT2D eigenvalue weighted by Gasteiger charge is 2.07. The van der Waals surface area contributed by atoms with Gasteiger partial charge in [0.1, 0.15) is 8.07 Å². The first-order valence-corrected chi connectivity index (χ1v) is 8.19. The van der Waals surface area contributed by atoms with Crippen LogP contribution >= 0.6 is 0 Å². The summed E-state index contributed by atoms with van der Waals surface area (Å²) < 4.78 is 0. The molecule has 0 aromatic rings. The zero-order valence-corrected chi connectivity index (χ0v) is 9.98. The second-order valence-electron chi connectivity index (χ2n) is 4.06. The van der Waals surface area contributed by atoms with E-state index in [0.29, 0.717) is 0 Å². The van der Waals surface area contributed by atoms with Crippen molar-refractivity contribution in [2.45, 2.75) is 39.4 Å². The third-order valence-electron chi connectivity index (χ3n) is 1.29. The Kier molecular flexibility index (Phi) is 5.41. The molecule has 0 spiro atoms. The second kappa shape index (κ2) is 5.77. The van der Waals surface area contributed by atoms with Crippen LogP contribution in [0.2, 0.25) is 19.6 Å². The van der Waals surface area contributed by atoms with E-state index in [1.807, 2.05) is 6.08 Å².